The maximum Gasteiger partial charge on any atom is 0.234 e. The number of nitrogens with zero attached hydrogens (tertiary/aromatic N) is 2. The van der Waals surface area contributed by atoms with Gasteiger partial charge in [0.05, 0.1) is 18.1 Å². The fourth-order valence-corrected chi connectivity index (χ4v) is 5.01. The lowest BCUT2D eigenvalue weighted by Gasteiger charge is -2.46. The molecule has 0 bridgehead atoms. The standard InChI is InChI=1S/C13H24N4O3S/c18-13(15-11-1-6-21(19,20)10-11)9-16-7-12(8-16)17-4-2-14-3-5-17/h11-12,14H,1-10H2,(H,15,18). The molecule has 0 aromatic heterocycles. The van der Waals surface area contributed by atoms with E-state index in [0.717, 1.165) is 39.3 Å². The highest BCUT2D eigenvalue weighted by Gasteiger charge is 2.34. The van der Waals surface area contributed by atoms with Gasteiger partial charge in [-0.2, -0.15) is 0 Å². The average Bonchev–Trinajstić information content (AvgIpc) is 2.73. The van der Waals surface area contributed by atoms with Crippen LogP contribution in [0.5, 0.6) is 0 Å². The lowest BCUT2D eigenvalue weighted by Crippen LogP contribution is -2.64. The molecule has 8 heteroatoms. The first-order chi connectivity index (χ1) is 10.0. The normalized spacial score (nSPS) is 31.0. The fourth-order valence-electron chi connectivity index (χ4n) is 3.34. The Balaban J connectivity index is 1.35. The van der Waals surface area contributed by atoms with Gasteiger partial charge in [0.25, 0.3) is 0 Å². The van der Waals surface area contributed by atoms with Gasteiger partial charge >= 0.3 is 0 Å². The summed E-state index contributed by atoms with van der Waals surface area (Å²) < 4.78 is 22.7. The maximum absolute atomic E-state index is 11.9. The van der Waals surface area contributed by atoms with Gasteiger partial charge in [0, 0.05) is 51.4 Å². The van der Waals surface area contributed by atoms with E-state index in [1.807, 2.05) is 0 Å². The number of rotatable bonds is 4. The Morgan fingerprint density at radius 3 is 2.57 bits per heavy atom. The molecule has 3 heterocycles. The molecule has 1 atom stereocenters. The van der Waals surface area contributed by atoms with Crippen molar-refractivity contribution in [3.63, 3.8) is 0 Å². The quantitative estimate of drug-likeness (QED) is 0.617. The molecule has 1 unspecified atom stereocenters. The minimum atomic E-state index is -2.93. The van der Waals surface area contributed by atoms with Crippen molar-refractivity contribution < 1.29 is 13.2 Å². The van der Waals surface area contributed by atoms with Gasteiger partial charge in [0.15, 0.2) is 9.84 Å². The molecule has 3 aliphatic heterocycles. The Hall–Kier alpha value is -0.700. The zero-order valence-corrected chi connectivity index (χ0v) is 13.1. The number of likely N-dealkylation sites (tertiary alicyclic amines) is 1. The summed E-state index contributed by atoms with van der Waals surface area (Å²) in [6, 6.07) is 0.388. The summed E-state index contributed by atoms with van der Waals surface area (Å²) in [6.45, 7) is 6.54. The predicted octanol–water partition coefficient (Wildman–Crippen LogP) is -2.12. The highest BCUT2D eigenvalue weighted by Crippen LogP contribution is 2.15. The average molecular weight is 316 g/mol. The van der Waals surface area contributed by atoms with Crippen molar-refractivity contribution in [2.75, 3.05) is 57.3 Å². The third-order valence-electron chi connectivity index (χ3n) is 4.57. The lowest BCUT2D eigenvalue weighted by molar-refractivity contribution is -0.124. The maximum atomic E-state index is 11.9. The van der Waals surface area contributed by atoms with Crippen LogP contribution in [0.3, 0.4) is 0 Å². The molecule has 1 amide bonds. The summed E-state index contributed by atoms with van der Waals surface area (Å²) in [6.07, 6.45) is 0.553. The van der Waals surface area contributed by atoms with Crippen LogP contribution in [-0.2, 0) is 14.6 Å². The molecule has 2 N–H and O–H groups in total. The third-order valence-corrected chi connectivity index (χ3v) is 6.34. The van der Waals surface area contributed by atoms with Crippen LogP contribution in [0.15, 0.2) is 0 Å². The first-order valence-electron chi connectivity index (χ1n) is 7.69. The predicted molar refractivity (Wildman–Crippen MR) is 79.9 cm³/mol. The van der Waals surface area contributed by atoms with Crippen LogP contribution >= 0.6 is 0 Å². The first-order valence-corrected chi connectivity index (χ1v) is 9.51. The van der Waals surface area contributed by atoms with Crippen LogP contribution < -0.4 is 10.6 Å². The minimum Gasteiger partial charge on any atom is -0.351 e. The van der Waals surface area contributed by atoms with Crippen LogP contribution in [0.4, 0.5) is 0 Å². The minimum absolute atomic E-state index is 0.0455. The Labute approximate surface area is 126 Å². The molecule has 0 aromatic carbocycles. The van der Waals surface area contributed by atoms with Crippen molar-refractivity contribution in [2.24, 2.45) is 0 Å². The number of sulfone groups is 1. The van der Waals surface area contributed by atoms with Gasteiger partial charge < -0.3 is 10.6 Å². The molecule has 0 aromatic rings. The topological polar surface area (TPSA) is 81.8 Å². The van der Waals surface area contributed by atoms with Crippen LogP contribution in [0.2, 0.25) is 0 Å². The summed E-state index contributed by atoms with van der Waals surface area (Å²) in [5.41, 5.74) is 0. The molecule has 3 aliphatic rings. The van der Waals surface area contributed by atoms with Gasteiger partial charge in [-0.15, -0.1) is 0 Å². The van der Waals surface area contributed by atoms with Crippen LogP contribution in [0, 0.1) is 0 Å². The van der Waals surface area contributed by atoms with E-state index in [1.165, 1.54) is 0 Å². The number of nitrogens with one attached hydrogen (secondary N) is 2. The molecule has 21 heavy (non-hydrogen) atoms. The fraction of sp³-hybridized carbons (Fsp3) is 0.923. The van der Waals surface area contributed by atoms with Crippen LogP contribution in [0.25, 0.3) is 0 Å². The SMILES string of the molecule is O=C(CN1CC(N2CCNCC2)C1)NC1CCS(=O)(=O)C1. The van der Waals surface area contributed by atoms with Crippen molar-refractivity contribution in [3.8, 4) is 0 Å². The van der Waals surface area contributed by atoms with Gasteiger partial charge in [-0.1, -0.05) is 0 Å². The van der Waals surface area contributed by atoms with E-state index < -0.39 is 9.84 Å². The van der Waals surface area contributed by atoms with Gasteiger partial charge in [-0.3, -0.25) is 14.6 Å². The summed E-state index contributed by atoms with van der Waals surface area (Å²) in [4.78, 5) is 16.5. The largest absolute Gasteiger partial charge is 0.351 e. The van der Waals surface area contributed by atoms with Crippen molar-refractivity contribution in [3.05, 3.63) is 0 Å². The van der Waals surface area contributed by atoms with Crippen LogP contribution in [0.1, 0.15) is 6.42 Å². The molecule has 0 spiro atoms. The second kappa shape index (κ2) is 6.20. The Kier molecular flexibility index (Phi) is 4.49. The van der Waals surface area contributed by atoms with Gasteiger partial charge in [-0.25, -0.2) is 8.42 Å². The van der Waals surface area contributed by atoms with Gasteiger partial charge in [0.1, 0.15) is 0 Å². The van der Waals surface area contributed by atoms with Crippen molar-refractivity contribution in [1.82, 2.24) is 20.4 Å². The van der Waals surface area contributed by atoms with Crippen LogP contribution in [-0.4, -0.2) is 93.5 Å². The van der Waals surface area contributed by atoms with E-state index in [9.17, 15) is 13.2 Å². The monoisotopic (exact) mass is 316 g/mol. The van der Waals surface area contributed by atoms with Gasteiger partial charge in [-0.05, 0) is 6.42 Å². The van der Waals surface area contributed by atoms with Gasteiger partial charge in [0.2, 0.25) is 5.91 Å². The third kappa shape index (κ3) is 3.94. The number of carbonyl (C=O) groups is 1. The van der Waals surface area contributed by atoms with E-state index in [2.05, 4.69) is 20.4 Å². The highest BCUT2D eigenvalue weighted by molar-refractivity contribution is 7.91. The molecule has 3 rings (SSSR count). The zero-order valence-electron chi connectivity index (χ0n) is 12.3. The Bertz CT molecular complexity index is 484. The van der Waals surface area contributed by atoms with E-state index >= 15 is 0 Å². The van der Waals surface area contributed by atoms with Crippen molar-refractivity contribution in [2.45, 2.75) is 18.5 Å². The van der Waals surface area contributed by atoms with Crippen molar-refractivity contribution in [1.29, 1.82) is 0 Å². The summed E-state index contributed by atoms with van der Waals surface area (Å²) in [5, 5.41) is 6.18. The van der Waals surface area contributed by atoms with E-state index in [-0.39, 0.29) is 23.5 Å². The molecule has 3 saturated heterocycles. The summed E-state index contributed by atoms with van der Waals surface area (Å²) in [5.74, 6) is 0.255. The molecule has 0 aliphatic carbocycles. The van der Waals surface area contributed by atoms with E-state index in [4.69, 9.17) is 0 Å². The summed E-state index contributed by atoms with van der Waals surface area (Å²) in [7, 11) is -2.93. The smallest absolute Gasteiger partial charge is 0.234 e. The Morgan fingerprint density at radius 1 is 1.24 bits per heavy atom. The zero-order chi connectivity index (χ0) is 14.9. The number of piperazine rings is 1. The lowest BCUT2D eigenvalue weighted by atomic mass is 10.1. The molecule has 120 valence electrons. The Morgan fingerprint density at radius 2 is 1.95 bits per heavy atom. The first kappa shape index (κ1) is 15.2. The molecule has 7 nitrogen and oxygen atoms in total. The molecule has 0 radical (unpaired) electrons. The second-order valence-corrected chi connectivity index (χ2v) is 8.53. The molecule has 3 fully saturated rings. The molecule has 0 saturated carbocycles. The molecular formula is C13H24N4O3S. The number of hydrogen-bond donors (Lipinski definition) is 2. The van der Waals surface area contributed by atoms with Crippen molar-refractivity contribution >= 4 is 15.7 Å². The number of carbonyl (C=O) groups excluding carboxylic acids is 1. The van der Waals surface area contributed by atoms with E-state index in [0.29, 0.717) is 19.0 Å². The highest BCUT2D eigenvalue weighted by atomic mass is 32.2. The number of hydrogen-bond acceptors (Lipinski definition) is 6. The number of amides is 1. The molecular weight excluding hydrogens is 292 g/mol. The van der Waals surface area contributed by atoms with E-state index in [1.54, 1.807) is 0 Å². The summed E-state index contributed by atoms with van der Waals surface area (Å²) >= 11 is 0. The second-order valence-electron chi connectivity index (χ2n) is 6.30.